The molecule has 0 aromatic heterocycles. The second-order valence-corrected chi connectivity index (χ2v) is 8.43. The first-order valence-electron chi connectivity index (χ1n) is 8.83. The number of aryl methyl sites for hydroxylation is 3. The Kier molecular flexibility index (Phi) is 5.51. The number of nitrogens with one attached hydrogen (secondary N) is 2. The molecular weight excluding hydrogens is 372 g/mol. The van der Waals surface area contributed by atoms with Gasteiger partial charge in [-0.1, -0.05) is 23.8 Å². The molecule has 5 nitrogen and oxygen atoms in total. The van der Waals surface area contributed by atoms with Crippen LogP contribution in [-0.4, -0.2) is 14.3 Å². The Bertz CT molecular complexity index is 1100. The van der Waals surface area contributed by atoms with Crippen molar-refractivity contribution in [3.8, 4) is 0 Å². The fourth-order valence-corrected chi connectivity index (χ4v) is 3.70. The number of hydrogen-bond acceptors (Lipinski definition) is 3. The van der Waals surface area contributed by atoms with Gasteiger partial charge < -0.3 is 5.32 Å². The van der Waals surface area contributed by atoms with Gasteiger partial charge in [0.1, 0.15) is 0 Å². The molecule has 0 bridgehead atoms. The van der Waals surface area contributed by atoms with Crippen molar-refractivity contribution >= 4 is 27.3 Å². The zero-order chi connectivity index (χ0) is 20.3. The molecule has 0 unspecified atom stereocenters. The zero-order valence-electron chi connectivity index (χ0n) is 16.0. The Balaban J connectivity index is 1.73. The molecule has 3 aromatic carbocycles. The van der Waals surface area contributed by atoms with E-state index in [1.165, 1.54) is 24.3 Å². The van der Waals surface area contributed by atoms with Gasteiger partial charge in [-0.05, 0) is 80.4 Å². The quantitative estimate of drug-likeness (QED) is 0.661. The lowest BCUT2D eigenvalue weighted by molar-refractivity contribution is 0.102. The normalized spacial score (nSPS) is 11.1. The van der Waals surface area contributed by atoms with Crippen LogP contribution in [0.2, 0.25) is 0 Å². The molecule has 0 aliphatic heterocycles. The van der Waals surface area contributed by atoms with Gasteiger partial charge in [0.05, 0.1) is 4.90 Å². The molecule has 28 heavy (non-hydrogen) atoms. The number of sulfonamides is 1. The minimum atomic E-state index is -3.72. The standard InChI is InChI=1S/C22H22N2O3S/c1-15-4-9-19(10-5-15)24-28(26,27)21-12-7-18(8-13-21)22(25)23-20-11-6-16(2)17(3)14-20/h4-14,24H,1-3H3,(H,23,25). The highest BCUT2D eigenvalue weighted by Crippen LogP contribution is 2.19. The van der Waals surface area contributed by atoms with E-state index >= 15 is 0 Å². The summed E-state index contributed by atoms with van der Waals surface area (Å²) in [7, 11) is -3.72. The van der Waals surface area contributed by atoms with E-state index < -0.39 is 10.0 Å². The first kappa shape index (κ1) is 19.6. The molecule has 0 heterocycles. The molecular formula is C22H22N2O3S. The molecule has 0 radical (unpaired) electrons. The van der Waals surface area contributed by atoms with Gasteiger partial charge in [0, 0.05) is 16.9 Å². The van der Waals surface area contributed by atoms with Gasteiger partial charge in [-0.25, -0.2) is 8.42 Å². The van der Waals surface area contributed by atoms with Gasteiger partial charge in [0.2, 0.25) is 0 Å². The van der Waals surface area contributed by atoms with Crippen LogP contribution in [0, 0.1) is 20.8 Å². The average molecular weight is 394 g/mol. The maximum Gasteiger partial charge on any atom is 0.261 e. The maximum absolute atomic E-state index is 12.5. The van der Waals surface area contributed by atoms with Crippen LogP contribution in [0.25, 0.3) is 0 Å². The first-order chi connectivity index (χ1) is 13.2. The first-order valence-corrected chi connectivity index (χ1v) is 10.3. The van der Waals surface area contributed by atoms with Gasteiger partial charge >= 0.3 is 0 Å². The van der Waals surface area contributed by atoms with Crippen molar-refractivity contribution in [3.05, 3.63) is 89.0 Å². The predicted octanol–water partition coefficient (Wildman–Crippen LogP) is 4.66. The summed E-state index contributed by atoms with van der Waals surface area (Å²) in [5.74, 6) is -0.293. The van der Waals surface area contributed by atoms with E-state index in [0.29, 0.717) is 16.9 Å². The Morgan fingerprint density at radius 1 is 0.750 bits per heavy atom. The Morgan fingerprint density at radius 3 is 1.96 bits per heavy atom. The lowest BCUT2D eigenvalue weighted by atomic mass is 10.1. The molecule has 0 saturated heterocycles. The van der Waals surface area contributed by atoms with E-state index in [4.69, 9.17) is 0 Å². The van der Waals surface area contributed by atoms with Gasteiger partial charge in [0.25, 0.3) is 15.9 Å². The van der Waals surface area contributed by atoms with Crippen molar-refractivity contribution in [2.75, 3.05) is 10.0 Å². The number of carbonyl (C=O) groups is 1. The van der Waals surface area contributed by atoms with E-state index in [-0.39, 0.29) is 10.8 Å². The summed E-state index contributed by atoms with van der Waals surface area (Å²) in [6.45, 7) is 5.91. The smallest absolute Gasteiger partial charge is 0.261 e. The highest BCUT2D eigenvalue weighted by atomic mass is 32.2. The van der Waals surface area contributed by atoms with Crippen LogP contribution in [0.15, 0.2) is 71.6 Å². The van der Waals surface area contributed by atoms with Gasteiger partial charge in [-0.2, -0.15) is 0 Å². The fraction of sp³-hybridized carbons (Fsp3) is 0.136. The molecule has 144 valence electrons. The fourth-order valence-electron chi connectivity index (χ4n) is 2.64. The topological polar surface area (TPSA) is 75.3 Å². The molecule has 0 spiro atoms. The van der Waals surface area contributed by atoms with Crippen LogP contribution in [0.3, 0.4) is 0 Å². The number of amides is 1. The second kappa shape index (κ2) is 7.86. The molecule has 0 aliphatic rings. The van der Waals surface area contributed by atoms with Crippen LogP contribution >= 0.6 is 0 Å². The van der Waals surface area contributed by atoms with E-state index in [0.717, 1.165) is 16.7 Å². The van der Waals surface area contributed by atoms with Crippen LogP contribution in [0.1, 0.15) is 27.0 Å². The van der Waals surface area contributed by atoms with Crippen molar-refractivity contribution < 1.29 is 13.2 Å². The summed E-state index contributed by atoms with van der Waals surface area (Å²) in [5, 5.41) is 2.83. The molecule has 0 aliphatic carbocycles. The van der Waals surface area contributed by atoms with E-state index in [9.17, 15) is 13.2 Å². The Morgan fingerprint density at radius 2 is 1.36 bits per heavy atom. The molecule has 1 amide bonds. The minimum Gasteiger partial charge on any atom is -0.322 e. The summed E-state index contributed by atoms with van der Waals surface area (Å²) in [6, 6.07) is 18.6. The molecule has 6 heteroatoms. The monoisotopic (exact) mass is 394 g/mol. The largest absolute Gasteiger partial charge is 0.322 e. The third-order valence-electron chi connectivity index (χ3n) is 4.50. The van der Waals surface area contributed by atoms with E-state index in [2.05, 4.69) is 10.0 Å². The highest BCUT2D eigenvalue weighted by Gasteiger charge is 2.15. The summed E-state index contributed by atoms with van der Waals surface area (Å²) < 4.78 is 27.6. The maximum atomic E-state index is 12.5. The number of carbonyl (C=O) groups excluding carboxylic acids is 1. The third-order valence-corrected chi connectivity index (χ3v) is 5.89. The third kappa shape index (κ3) is 4.58. The number of rotatable bonds is 5. The van der Waals surface area contributed by atoms with Crippen molar-refractivity contribution in [2.24, 2.45) is 0 Å². The van der Waals surface area contributed by atoms with Gasteiger partial charge in [-0.15, -0.1) is 0 Å². The van der Waals surface area contributed by atoms with Crippen LogP contribution in [-0.2, 0) is 10.0 Å². The second-order valence-electron chi connectivity index (χ2n) is 6.75. The number of anilines is 2. The molecule has 3 rings (SSSR count). The van der Waals surface area contributed by atoms with Crippen LogP contribution < -0.4 is 10.0 Å². The van der Waals surface area contributed by atoms with Gasteiger partial charge in [0.15, 0.2) is 0 Å². The Labute approximate surface area is 165 Å². The van der Waals surface area contributed by atoms with E-state index in [1.807, 2.05) is 51.1 Å². The molecule has 0 atom stereocenters. The van der Waals surface area contributed by atoms with Crippen molar-refractivity contribution in [1.29, 1.82) is 0 Å². The highest BCUT2D eigenvalue weighted by molar-refractivity contribution is 7.92. The molecule has 0 fully saturated rings. The molecule has 0 saturated carbocycles. The molecule has 3 aromatic rings. The predicted molar refractivity (Wildman–Crippen MR) is 112 cm³/mol. The number of benzene rings is 3. The van der Waals surface area contributed by atoms with E-state index in [1.54, 1.807) is 12.1 Å². The Hall–Kier alpha value is -3.12. The zero-order valence-corrected chi connectivity index (χ0v) is 16.8. The van der Waals surface area contributed by atoms with Crippen molar-refractivity contribution in [2.45, 2.75) is 25.7 Å². The van der Waals surface area contributed by atoms with Crippen LogP contribution in [0.5, 0.6) is 0 Å². The minimum absolute atomic E-state index is 0.0933. The average Bonchev–Trinajstić information content (AvgIpc) is 2.66. The molecule has 2 N–H and O–H groups in total. The van der Waals surface area contributed by atoms with Crippen molar-refractivity contribution in [1.82, 2.24) is 0 Å². The number of hydrogen-bond donors (Lipinski definition) is 2. The van der Waals surface area contributed by atoms with Crippen molar-refractivity contribution in [3.63, 3.8) is 0 Å². The summed E-state index contributed by atoms with van der Waals surface area (Å²) in [4.78, 5) is 12.5. The SMILES string of the molecule is Cc1ccc(NS(=O)(=O)c2ccc(C(=O)Nc3ccc(C)c(C)c3)cc2)cc1. The summed E-state index contributed by atoms with van der Waals surface area (Å²) >= 11 is 0. The van der Waals surface area contributed by atoms with Crippen LogP contribution in [0.4, 0.5) is 11.4 Å². The summed E-state index contributed by atoms with van der Waals surface area (Å²) in [6.07, 6.45) is 0. The summed E-state index contributed by atoms with van der Waals surface area (Å²) in [5.41, 5.74) is 4.85. The lowest BCUT2D eigenvalue weighted by Gasteiger charge is -2.10. The van der Waals surface area contributed by atoms with Gasteiger partial charge in [-0.3, -0.25) is 9.52 Å². The lowest BCUT2D eigenvalue weighted by Crippen LogP contribution is -2.15.